The number of nitro benzene ring substituents is 1. The van der Waals surface area contributed by atoms with Gasteiger partial charge >= 0.3 is 11.7 Å². The number of hydrogen-bond donors (Lipinski definition) is 1. The van der Waals surface area contributed by atoms with Crippen molar-refractivity contribution in [2.75, 3.05) is 12.4 Å². The topological polar surface area (TPSA) is 108 Å². The molecule has 1 N–H and O–H groups in total. The van der Waals surface area contributed by atoms with Gasteiger partial charge in [0.15, 0.2) is 5.75 Å². The fourth-order valence-electron chi connectivity index (χ4n) is 1.97. The lowest BCUT2D eigenvalue weighted by atomic mass is 10.2. The molecular weight excluding hydrogens is 316 g/mol. The van der Waals surface area contributed by atoms with Crippen molar-refractivity contribution in [2.45, 2.75) is 6.92 Å². The van der Waals surface area contributed by atoms with E-state index in [9.17, 15) is 19.7 Å². The quantitative estimate of drug-likeness (QED) is 0.391. The van der Waals surface area contributed by atoms with Crippen molar-refractivity contribution >= 4 is 23.3 Å². The van der Waals surface area contributed by atoms with Crippen LogP contribution >= 0.6 is 0 Å². The Bertz CT molecular complexity index is 803. The highest BCUT2D eigenvalue weighted by Gasteiger charge is 2.19. The van der Waals surface area contributed by atoms with Gasteiger partial charge < -0.3 is 14.8 Å². The smallest absolute Gasteiger partial charge is 0.343 e. The molecule has 0 bridgehead atoms. The van der Waals surface area contributed by atoms with Gasteiger partial charge in [0.1, 0.15) is 5.75 Å². The number of hydrogen-bond acceptors (Lipinski definition) is 6. The van der Waals surface area contributed by atoms with E-state index < -0.39 is 10.9 Å². The van der Waals surface area contributed by atoms with Gasteiger partial charge in [-0.2, -0.15) is 0 Å². The van der Waals surface area contributed by atoms with Crippen LogP contribution in [0.25, 0.3) is 0 Å². The van der Waals surface area contributed by atoms with Crippen molar-refractivity contribution in [2.24, 2.45) is 0 Å². The molecule has 0 aliphatic rings. The molecule has 0 heterocycles. The number of anilines is 1. The second-order valence-electron chi connectivity index (χ2n) is 4.74. The molecule has 2 aromatic rings. The lowest BCUT2D eigenvalue weighted by Gasteiger charge is -2.08. The van der Waals surface area contributed by atoms with Crippen LogP contribution in [0.2, 0.25) is 0 Å². The molecule has 0 fully saturated rings. The molecule has 8 heteroatoms. The van der Waals surface area contributed by atoms with Gasteiger partial charge in [0.25, 0.3) is 0 Å². The number of nitrogens with one attached hydrogen (secondary N) is 1. The summed E-state index contributed by atoms with van der Waals surface area (Å²) in [5.41, 5.74) is 0.139. The summed E-state index contributed by atoms with van der Waals surface area (Å²) >= 11 is 0. The Hall–Kier alpha value is -3.42. The van der Waals surface area contributed by atoms with Crippen molar-refractivity contribution in [1.82, 2.24) is 0 Å². The third-order valence-corrected chi connectivity index (χ3v) is 2.98. The van der Waals surface area contributed by atoms with Crippen LogP contribution in [0.1, 0.15) is 17.3 Å². The zero-order chi connectivity index (χ0) is 17.7. The first-order chi connectivity index (χ1) is 11.4. The number of ether oxygens (including phenoxy) is 2. The van der Waals surface area contributed by atoms with E-state index in [0.717, 1.165) is 6.07 Å². The van der Waals surface area contributed by atoms with E-state index in [2.05, 4.69) is 5.32 Å². The Kier molecular flexibility index (Phi) is 5.10. The summed E-state index contributed by atoms with van der Waals surface area (Å²) < 4.78 is 10.1. The summed E-state index contributed by atoms with van der Waals surface area (Å²) in [5, 5.41) is 13.6. The van der Waals surface area contributed by atoms with Gasteiger partial charge in [-0.15, -0.1) is 0 Å². The number of benzene rings is 2. The minimum atomic E-state index is -0.763. The average Bonchev–Trinajstić information content (AvgIpc) is 2.53. The Morgan fingerprint density at radius 2 is 1.92 bits per heavy atom. The molecule has 0 unspecified atom stereocenters. The van der Waals surface area contributed by atoms with E-state index in [4.69, 9.17) is 9.47 Å². The lowest BCUT2D eigenvalue weighted by molar-refractivity contribution is -0.385. The molecule has 2 aromatic carbocycles. The molecule has 0 aliphatic carbocycles. The van der Waals surface area contributed by atoms with Gasteiger partial charge in [-0.05, 0) is 24.3 Å². The van der Waals surface area contributed by atoms with Crippen molar-refractivity contribution in [3.63, 3.8) is 0 Å². The molecule has 124 valence electrons. The number of carbonyl (C=O) groups is 2. The highest BCUT2D eigenvalue weighted by molar-refractivity contribution is 5.93. The molecule has 0 atom stereocenters. The Morgan fingerprint density at radius 1 is 1.17 bits per heavy atom. The van der Waals surface area contributed by atoms with E-state index in [1.807, 2.05) is 0 Å². The number of methoxy groups -OCH3 is 1. The monoisotopic (exact) mass is 330 g/mol. The number of nitro groups is 1. The summed E-state index contributed by atoms with van der Waals surface area (Å²) in [6.07, 6.45) is 0. The fourth-order valence-corrected chi connectivity index (χ4v) is 1.97. The van der Waals surface area contributed by atoms with Gasteiger partial charge in [0.05, 0.1) is 17.6 Å². The third kappa shape index (κ3) is 4.07. The number of esters is 1. The first kappa shape index (κ1) is 16.9. The molecule has 24 heavy (non-hydrogen) atoms. The van der Waals surface area contributed by atoms with Gasteiger partial charge in [-0.25, -0.2) is 4.79 Å². The highest BCUT2D eigenvalue weighted by Crippen LogP contribution is 2.28. The molecule has 1 amide bonds. The zero-order valence-corrected chi connectivity index (χ0v) is 12.9. The maximum atomic E-state index is 12.1. The minimum Gasteiger partial charge on any atom is -0.490 e. The van der Waals surface area contributed by atoms with Crippen LogP contribution in [0.4, 0.5) is 11.4 Å². The first-order valence-electron chi connectivity index (χ1n) is 6.83. The number of nitrogens with zero attached hydrogens (tertiary/aromatic N) is 1. The largest absolute Gasteiger partial charge is 0.490 e. The minimum absolute atomic E-state index is 0.00688. The third-order valence-electron chi connectivity index (χ3n) is 2.98. The lowest BCUT2D eigenvalue weighted by Crippen LogP contribution is -2.10. The van der Waals surface area contributed by atoms with E-state index in [-0.39, 0.29) is 28.7 Å². The fraction of sp³-hybridized carbons (Fsp3) is 0.125. The first-order valence-corrected chi connectivity index (χ1v) is 6.83. The highest BCUT2D eigenvalue weighted by atomic mass is 16.6. The van der Waals surface area contributed by atoms with Crippen LogP contribution in [-0.4, -0.2) is 23.9 Å². The van der Waals surface area contributed by atoms with E-state index in [1.54, 1.807) is 12.1 Å². The van der Waals surface area contributed by atoms with Crippen LogP contribution in [0.15, 0.2) is 42.5 Å². The van der Waals surface area contributed by atoms with Crippen LogP contribution in [0.5, 0.6) is 11.5 Å². The predicted octanol–water partition coefficient (Wildman–Crippen LogP) is 2.78. The zero-order valence-electron chi connectivity index (χ0n) is 12.9. The average molecular weight is 330 g/mol. The molecule has 0 saturated heterocycles. The molecule has 0 saturated carbocycles. The summed E-state index contributed by atoms with van der Waals surface area (Å²) in [6, 6.07) is 10.0. The number of amides is 1. The second-order valence-corrected chi connectivity index (χ2v) is 4.74. The molecule has 0 radical (unpaired) electrons. The van der Waals surface area contributed by atoms with Crippen molar-refractivity contribution < 1.29 is 24.0 Å². The van der Waals surface area contributed by atoms with Crippen LogP contribution in [-0.2, 0) is 4.79 Å². The second kappa shape index (κ2) is 7.23. The number of rotatable bonds is 5. The predicted molar refractivity (Wildman–Crippen MR) is 85.4 cm³/mol. The molecule has 8 nitrogen and oxygen atoms in total. The van der Waals surface area contributed by atoms with Crippen molar-refractivity contribution in [3.8, 4) is 11.5 Å². The van der Waals surface area contributed by atoms with Gasteiger partial charge in [-0.3, -0.25) is 14.9 Å². The normalized spacial score (nSPS) is 9.92. The molecule has 0 spiro atoms. The Morgan fingerprint density at radius 3 is 2.54 bits per heavy atom. The SMILES string of the molecule is COc1ccc(C(=O)Oc2cccc(NC(C)=O)c2)cc1[N+](=O)[O-]. The molecule has 0 aromatic heterocycles. The number of carbonyl (C=O) groups excluding carboxylic acids is 2. The van der Waals surface area contributed by atoms with E-state index >= 15 is 0 Å². The van der Waals surface area contributed by atoms with Crippen molar-refractivity contribution in [3.05, 3.63) is 58.1 Å². The van der Waals surface area contributed by atoms with Gasteiger partial charge in [0, 0.05) is 24.7 Å². The molecular formula is C16H14N2O6. The Labute approximate surface area is 137 Å². The van der Waals surface area contributed by atoms with Crippen LogP contribution < -0.4 is 14.8 Å². The van der Waals surface area contributed by atoms with E-state index in [1.165, 1.54) is 38.3 Å². The van der Waals surface area contributed by atoms with Gasteiger partial charge in [0.2, 0.25) is 5.91 Å². The van der Waals surface area contributed by atoms with Gasteiger partial charge in [-0.1, -0.05) is 6.07 Å². The van der Waals surface area contributed by atoms with Crippen molar-refractivity contribution in [1.29, 1.82) is 0 Å². The Balaban J connectivity index is 2.22. The molecule has 2 rings (SSSR count). The summed E-state index contributed by atoms with van der Waals surface area (Å²) in [6.45, 7) is 1.36. The maximum absolute atomic E-state index is 12.1. The summed E-state index contributed by atoms with van der Waals surface area (Å²) in [7, 11) is 1.30. The van der Waals surface area contributed by atoms with E-state index in [0.29, 0.717) is 5.69 Å². The molecule has 0 aliphatic heterocycles. The maximum Gasteiger partial charge on any atom is 0.343 e. The summed E-state index contributed by atoms with van der Waals surface area (Å²) in [4.78, 5) is 33.5. The standard InChI is InChI=1S/C16H14N2O6/c1-10(19)17-12-4-3-5-13(9-12)24-16(20)11-6-7-15(23-2)14(8-11)18(21)22/h3-9H,1-2H3,(H,17,19). The van der Waals surface area contributed by atoms with Crippen LogP contribution in [0.3, 0.4) is 0 Å². The van der Waals surface area contributed by atoms with Crippen LogP contribution in [0, 0.1) is 10.1 Å². The summed E-state index contributed by atoms with van der Waals surface area (Å²) in [5.74, 6) is -0.779.